The first-order valence-corrected chi connectivity index (χ1v) is 6.33. The van der Waals surface area contributed by atoms with Gasteiger partial charge in [-0.05, 0) is 30.9 Å². The van der Waals surface area contributed by atoms with Crippen molar-refractivity contribution >= 4 is 0 Å². The molecular weight excluding hydrogens is 245 g/mol. The molecule has 5 heteroatoms. The number of halogens is 1. The van der Waals surface area contributed by atoms with Gasteiger partial charge in [0, 0.05) is 5.56 Å². The highest BCUT2D eigenvalue weighted by molar-refractivity contribution is 5.54. The Labute approximate surface area is 111 Å². The second kappa shape index (κ2) is 5.48. The topological polar surface area (TPSA) is 64.9 Å². The average Bonchev–Trinajstić information content (AvgIpc) is 2.81. The summed E-state index contributed by atoms with van der Waals surface area (Å²) in [5, 5.41) is 3.85. The molecule has 0 spiro atoms. The van der Waals surface area contributed by atoms with E-state index >= 15 is 0 Å². The molecule has 1 aromatic heterocycles. The third kappa shape index (κ3) is 3.17. The van der Waals surface area contributed by atoms with Crippen molar-refractivity contribution in [3.63, 3.8) is 0 Å². The molecule has 19 heavy (non-hydrogen) atoms. The molecule has 102 valence electrons. The van der Waals surface area contributed by atoms with Crippen molar-refractivity contribution in [2.24, 2.45) is 11.7 Å². The van der Waals surface area contributed by atoms with Crippen molar-refractivity contribution in [2.75, 3.05) is 0 Å². The third-order valence-electron chi connectivity index (χ3n) is 2.91. The van der Waals surface area contributed by atoms with Gasteiger partial charge >= 0.3 is 0 Å². The molecule has 0 saturated heterocycles. The highest BCUT2D eigenvalue weighted by Gasteiger charge is 2.17. The fourth-order valence-corrected chi connectivity index (χ4v) is 1.84. The van der Waals surface area contributed by atoms with Crippen LogP contribution in [0.25, 0.3) is 11.4 Å². The summed E-state index contributed by atoms with van der Waals surface area (Å²) in [4.78, 5) is 4.23. The summed E-state index contributed by atoms with van der Waals surface area (Å²) in [5.74, 6) is 0.926. The molecule has 1 aromatic carbocycles. The van der Waals surface area contributed by atoms with E-state index < -0.39 is 0 Å². The lowest BCUT2D eigenvalue weighted by molar-refractivity contribution is 0.335. The van der Waals surface area contributed by atoms with E-state index in [2.05, 4.69) is 24.0 Å². The zero-order valence-corrected chi connectivity index (χ0v) is 11.4. The van der Waals surface area contributed by atoms with E-state index in [1.807, 2.05) is 0 Å². The van der Waals surface area contributed by atoms with Crippen molar-refractivity contribution < 1.29 is 8.91 Å². The number of nitrogens with zero attached hydrogens (tertiary/aromatic N) is 2. The van der Waals surface area contributed by atoms with Crippen LogP contribution >= 0.6 is 0 Å². The van der Waals surface area contributed by atoms with Crippen molar-refractivity contribution in [1.82, 2.24) is 10.1 Å². The highest BCUT2D eigenvalue weighted by atomic mass is 19.1. The zero-order chi connectivity index (χ0) is 14.0. The molecule has 0 aliphatic heterocycles. The average molecular weight is 263 g/mol. The summed E-state index contributed by atoms with van der Waals surface area (Å²) in [6, 6.07) is 4.57. The number of aromatic nitrogens is 2. The lowest BCUT2D eigenvalue weighted by Gasteiger charge is -2.08. The van der Waals surface area contributed by atoms with E-state index in [4.69, 9.17) is 10.3 Å². The van der Waals surface area contributed by atoms with Crippen LogP contribution < -0.4 is 5.73 Å². The number of benzene rings is 1. The van der Waals surface area contributed by atoms with Crippen LogP contribution in [-0.2, 0) is 0 Å². The molecule has 4 nitrogen and oxygen atoms in total. The van der Waals surface area contributed by atoms with Crippen LogP contribution in [0.3, 0.4) is 0 Å². The summed E-state index contributed by atoms with van der Waals surface area (Å²) in [5.41, 5.74) is 7.15. The SMILES string of the molecule is Cc1ccc(-c2noc([C@@H](N)CC(C)C)n2)cc1F. The fourth-order valence-electron chi connectivity index (χ4n) is 1.84. The van der Waals surface area contributed by atoms with Crippen LogP contribution in [0.2, 0.25) is 0 Å². The maximum absolute atomic E-state index is 13.5. The maximum atomic E-state index is 13.5. The number of hydrogen-bond donors (Lipinski definition) is 1. The summed E-state index contributed by atoms with van der Waals surface area (Å²) < 4.78 is 18.6. The fraction of sp³-hybridized carbons (Fsp3) is 0.429. The normalized spacial score (nSPS) is 12.9. The molecular formula is C14H18FN3O. The molecule has 2 N–H and O–H groups in total. The predicted octanol–water partition coefficient (Wildman–Crippen LogP) is 3.23. The standard InChI is InChI=1S/C14H18FN3O/c1-8(2)6-12(16)14-17-13(18-19-14)10-5-4-9(3)11(15)7-10/h4-5,7-8,12H,6,16H2,1-3H3/t12-/m0/s1. The van der Waals surface area contributed by atoms with E-state index in [0.29, 0.717) is 28.8 Å². The van der Waals surface area contributed by atoms with Gasteiger partial charge in [-0.3, -0.25) is 0 Å². The van der Waals surface area contributed by atoms with Gasteiger partial charge in [-0.2, -0.15) is 4.98 Å². The van der Waals surface area contributed by atoms with Crippen molar-refractivity contribution in [2.45, 2.75) is 33.2 Å². The molecule has 0 aliphatic carbocycles. The van der Waals surface area contributed by atoms with Crippen LogP contribution in [0.15, 0.2) is 22.7 Å². The Bertz CT molecular complexity index is 566. The van der Waals surface area contributed by atoms with Gasteiger partial charge in [0.25, 0.3) is 0 Å². The van der Waals surface area contributed by atoms with Crippen molar-refractivity contribution in [1.29, 1.82) is 0 Å². The Morgan fingerprint density at radius 2 is 2.11 bits per heavy atom. The molecule has 1 atom stereocenters. The molecule has 0 radical (unpaired) electrons. The maximum Gasteiger partial charge on any atom is 0.243 e. The van der Waals surface area contributed by atoms with E-state index in [9.17, 15) is 4.39 Å². The third-order valence-corrected chi connectivity index (χ3v) is 2.91. The second-order valence-electron chi connectivity index (χ2n) is 5.16. The van der Waals surface area contributed by atoms with Crippen LogP contribution in [0, 0.1) is 18.7 Å². The predicted molar refractivity (Wildman–Crippen MR) is 70.8 cm³/mol. The largest absolute Gasteiger partial charge is 0.337 e. The van der Waals surface area contributed by atoms with Crippen LogP contribution in [0.1, 0.15) is 37.8 Å². The minimum absolute atomic E-state index is 0.281. The van der Waals surface area contributed by atoms with Gasteiger partial charge in [-0.1, -0.05) is 31.1 Å². The van der Waals surface area contributed by atoms with Crippen LogP contribution in [-0.4, -0.2) is 10.1 Å². The van der Waals surface area contributed by atoms with Crippen LogP contribution in [0.5, 0.6) is 0 Å². The lowest BCUT2D eigenvalue weighted by atomic mass is 10.0. The molecule has 0 aliphatic rings. The van der Waals surface area contributed by atoms with Gasteiger partial charge in [-0.25, -0.2) is 4.39 Å². The van der Waals surface area contributed by atoms with Crippen LogP contribution in [0.4, 0.5) is 4.39 Å². The lowest BCUT2D eigenvalue weighted by Crippen LogP contribution is -2.13. The first kappa shape index (κ1) is 13.7. The Balaban J connectivity index is 2.22. The summed E-state index contributed by atoms with van der Waals surface area (Å²) in [7, 11) is 0. The van der Waals surface area contributed by atoms with Gasteiger partial charge in [-0.15, -0.1) is 0 Å². The van der Waals surface area contributed by atoms with E-state index in [1.54, 1.807) is 19.1 Å². The molecule has 2 rings (SSSR count). The van der Waals surface area contributed by atoms with Gasteiger partial charge < -0.3 is 10.3 Å². The Hall–Kier alpha value is -1.75. The van der Waals surface area contributed by atoms with E-state index in [1.165, 1.54) is 6.07 Å². The Morgan fingerprint density at radius 3 is 2.74 bits per heavy atom. The summed E-state index contributed by atoms with van der Waals surface area (Å²) in [6.45, 7) is 5.86. The number of aryl methyl sites for hydroxylation is 1. The highest BCUT2D eigenvalue weighted by Crippen LogP contribution is 2.22. The van der Waals surface area contributed by atoms with E-state index in [-0.39, 0.29) is 11.9 Å². The minimum Gasteiger partial charge on any atom is -0.337 e. The smallest absolute Gasteiger partial charge is 0.243 e. The molecule has 0 saturated carbocycles. The second-order valence-corrected chi connectivity index (χ2v) is 5.16. The molecule has 0 bridgehead atoms. The first-order chi connectivity index (χ1) is 8.97. The molecule has 0 amide bonds. The minimum atomic E-state index is -0.282. The van der Waals surface area contributed by atoms with Gasteiger partial charge in [0.05, 0.1) is 6.04 Å². The molecule has 2 aromatic rings. The van der Waals surface area contributed by atoms with Gasteiger partial charge in [0.15, 0.2) is 0 Å². The number of hydrogen-bond acceptors (Lipinski definition) is 4. The Kier molecular flexibility index (Phi) is 3.95. The molecule has 0 fully saturated rings. The quantitative estimate of drug-likeness (QED) is 0.919. The number of nitrogens with two attached hydrogens (primary N) is 1. The first-order valence-electron chi connectivity index (χ1n) is 6.33. The van der Waals surface area contributed by atoms with Crippen molar-refractivity contribution in [3.8, 4) is 11.4 Å². The van der Waals surface area contributed by atoms with Gasteiger partial charge in [0.2, 0.25) is 11.7 Å². The number of rotatable bonds is 4. The molecule has 0 unspecified atom stereocenters. The van der Waals surface area contributed by atoms with Gasteiger partial charge in [0.1, 0.15) is 5.82 Å². The Morgan fingerprint density at radius 1 is 1.37 bits per heavy atom. The molecule has 1 heterocycles. The monoisotopic (exact) mass is 263 g/mol. The van der Waals surface area contributed by atoms with E-state index in [0.717, 1.165) is 6.42 Å². The summed E-state index contributed by atoms with van der Waals surface area (Å²) >= 11 is 0. The zero-order valence-electron chi connectivity index (χ0n) is 11.4. The van der Waals surface area contributed by atoms with Crippen molar-refractivity contribution in [3.05, 3.63) is 35.5 Å². The summed E-state index contributed by atoms with van der Waals surface area (Å²) in [6.07, 6.45) is 0.768.